The summed E-state index contributed by atoms with van der Waals surface area (Å²) in [6.07, 6.45) is 2.76. The number of nitrogens with zero attached hydrogens (tertiary/aromatic N) is 1. The molecule has 134 valence electrons. The lowest BCUT2D eigenvalue weighted by molar-refractivity contribution is -0.113. The molecule has 1 heterocycles. The quantitative estimate of drug-likeness (QED) is 0.552. The molecule has 1 aliphatic heterocycles. The van der Waals surface area contributed by atoms with Gasteiger partial charge in [-0.25, -0.2) is 0 Å². The number of hydrogen-bond donors (Lipinski definition) is 0. The minimum absolute atomic E-state index is 0.123. The van der Waals surface area contributed by atoms with E-state index in [9.17, 15) is 4.79 Å². The maximum Gasteiger partial charge on any atom is 0.270 e. The Hall–Kier alpha value is -2.31. The molecule has 3 rings (SSSR count). The molecule has 1 saturated heterocycles. The normalized spacial score (nSPS) is 15.7. The Morgan fingerprint density at radius 1 is 1.12 bits per heavy atom. The van der Waals surface area contributed by atoms with E-state index < -0.39 is 0 Å². The van der Waals surface area contributed by atoms with Gasteiger partial charge >= 0.3 is 0 Å². The van der Waals surface area contributed by atoms with E-state index in [4.69, 9.17) is 21.7 Å². The van der Waals surface area contributed by atoms with Crippen molar-refractivity contribution in [2.75, 3.05) is 19.1 Å². The van der Waals surface area contributed by atoms with Gasteiger partial charge in [0, 0.05) is 11.6 Å². The molecule has 0 aromatic heterocycles. The van der Waals surface area contributed by atoms with Crippen molar-refractivity contribution in [3.63, 3.8) is 0 Å². The van der Waals surface area contributed by atoms with Crippen molar-refractivity contribution in [2.45, 2.75) is 13.3 Å². The molecule has 0 spiro atoms. The molecule has 0 unspecified atom stereocenters. The van der Waals surface area contributed by atoms with Crippen LogP contribution in [0.1, 0.15) is 18.1 Å². The maximum atomic E-state index is 12.9. The van der Waals surface area contributed by atoms with E-state index in [0.29, 0.717) is 20.7 Å². The fraction of sp³-hybridized carbons (Fsp3) is 0.200. The highest BCUT2D eigenvalue weighted by Crippen LogP contribution is 2.37. The van der Waals surface area contributed by atoms with E-state index in [-0.39, 0.29) is 5.91 Å². The Kier molecular flexibility index (Phi) is 5.64. The summed E-state index contributed by atoms with van der Waals surface area (Å²) in [5, 5.41) is 0. The van der Waals surface area contributed by atoms with Gasteiger partial charge in [-0.05, 0) is 42.3 Å². The summed E-state index contributed by atoms with van der Waals surface area (Å²) in [6.45, 7) is 2.10. The molecule has 0 atom stereocenters. The average molecular weight is 386 g/mol. The van der Waals surface area contributed by atoms with Crippen LogP contribution in [0.2, 0.25) is 0 Å². The Labute approximate surface area is 162 Å². The Bertz CT molecular complexity index is 875. The van der Waals surface area contributed by atoms with Crippen LogP contribution in [0.25, 0.3) is 6.08 Å². The summed E-state index contributed by atoms with van der Waals surface area (Å²) < 4.78 is 11.1. The second kappa shape index (κ2) is 7.93. The first-order chi connectivity index (χ1) is 12.6. The number of ether oxygens (including phenoxy) is 2. The monoisotopic (exact) mass is 385 g/mol. The van der Waals surface area contributed by atoms with Gasteiger partial charge in [0.05, 0.1) is 24.8 Å². The van der Waals surface area contributed by atoms with Crippen LogP contribution in [0.5, 0.6) is 11.5 Å². The third-order valence-electron chi connectivity index (χ3n) is 4.12. The molecule has 0 bridgehead atoms. The van der Waals surface area contributed by atoms with Crippen LogP contribution >= 0.6 is 24.0 Å². The zero-order chi connectivity index (χ0) is 18.7. The van der Waals surface area contributed by atoms with Gasteiger partial charge in [-0.3, -0.25) is 9.69 Å². The zero-order valence-corrected chi connectivity index (χ0v) is 16.4. The number of thiocarbonyl (C=S) groups is 1. The van der Waals surface area contributed by atoms with Crippen molar-refractivity contribution >= 4 is 46.0 Å². The van der Waals surface area contributed by atoms with Crippen LogP contribution in [0.15, 0.2) is 47.4 Å². The number of anilines is 1. The summed E-state index contributed by atoms with van der Waals surface area (Å²) in [5.41, 5.74) is 2.81. The largest absolute Gasteiger partial charge is 0.497 e. The van der Waals surface area contributed by atoms with Crippen molar-refractivity contribution in [2.24, 2.45) is 0 Å². The molecule has 0 saturated carbocycles. The molecule has 6 heteroatoms. The van der Waals surface area contributed by atoms with Crippen LogP contribution in [0.4, 0.5) is 5.69 Å². The third kappa shape index (κ3) is 3.61. The van der Waals surface area contributed by atoms with Crippen LogP contribution in [-0.2, 0) is 11.2 Å². The first-order valence-electron chi connectivity index (χ1n) is 8.16. The molecule has 0 radical (unpaired) electrons. The van der Waals surface area contributed by atoms with E-state index in [1.165, 1.54) is 17.3 Å². The smallest absolute Gasteiger partial charge is 0.270 e. The van der Waals surface area contributed by atoms with Gasteiger partial charge in [0.2, 0.25) is 0 Å². The third-order valence-corrected chi connectivity index (χ3v) is 5.43. The molecular weight excluding hydrogens is 366 g/mol. The molecule has 0 aliphatic carbocycles. The SMILES string of the molecule is CCc1ccc(N2C(=O)/C(=C/c3ccc(OC)cc3OC)SC2=S)cc1. The van der Waals surface area contributed by atoms with Gasteiger partial charge < -0.3 is 9.47 Å². The average Bonchev–Trinajstić information content (AvgIpc) is 2.95. The summed E-state index contributed by atoms with van der Waals surface area (Å²) in [5.74, 6) is 1.21. The van der Waals surface area contributed by atoms with Crippen LogP contribution in [0, 0.1) is 0 Å². The first kappa shape index (κ1) is 18.5. The number of benzene rings is 2. The predicted molar refractivity (Wildman–Crippen MR) is 111 cm³/mol. The Balaban J connectivity index is 1.92. The van der Waals surface area contributed by atoms with Crippen molar-refractivity contribution in [1.29, 1.82) is 0 Å². The fourth-order valence-electron chi connectivity index (χ4n) is 2.65. The number of aryl methyl sites for hydroxylation is 1. The van der Waals surface area contributed by atoms with E-state index in [0.717, 1.165) is 17.7 Å². The highest BCUT2D eigenvalue weighted by atomic mass is 32.2. The van der Waals surface area contributed by atoms with E-state index in [1.54, 1.807) is 31.3 Å². The zero-order valence-electron chi connectivity index (χ0n) is 14.8. The standard InChI is InChI=1S/C20H19NO3S2/c1-4-13-5-8-15(9-6-13)21-19(22)18(26-20(21)25)11-14-7-10-16(23-2)12-17(14)24-3/h5-12H,4H2,1-3H3/b18-11-. The van der Waals surface area contributed by atoms with Crippen LogP contribution < -0.4 is 14.4 Å². The number of thioether (sulfide) groups is 1. The van der Waals surface area contributed by atoms with Gasteiger partial charge in [-0.2, -0.15) is 0 Å². The first-order valence-corrected chi connectivity index (χ1v) is 9.38. The van der Waals surface area contributed by atoms with E-state index in [1.807, 2.05) is 36.4 Å². The lowest BCUT2D eigenvalue weighted by Crippen LogP contribution is -2.27. The highest BCUT2D eigenvalue weighted by Gasteiger charge is 2.33. The fourth-order valence-corrected chi connectivity index (χ4v) is 3.94. The molecule has 1 fully saturated rings. The van der Waals surface area contributed by atoms with Crippen molar-refractivity contribution in [3.8, 4) is 11.5 Å². The summed E-state index contributed by atoms with van der Waals surface area (Å²) in [4.78, 5) is 15.0. The van der Waals surface area contributed by atoms with Crippen molar-refractivity contribution < 1.29 is 14.3 Å². The van der Waals surface area contributed by atoms with Gasteiger partial charge in [0.15, 0.2) is 4.32 Å². The molecule has 4 nitrogen and oxygen atoms in total. The molecule has 0 N–H and O–H groups in total. The highest BCUT2D eigenvalue weighted by molar-refractivity contribution is 8.27. The Morgan fingerprint density at radius 3 is 2.46 bits per heavy atom. The van der Waals surface area contributed by atoms with Gasteiger partial charge in [-0.15, -0.1) is 0 Å². The summed E-state index contributed by atoms with van der Waals surface area (Å²) in [7, 11) is 3.19. The lowest BCUT2D eigenvalue weighted by Gasteiger charge is -2.14. The second-order valence-electron chi connectivity index (χ2n) is 5.65. The number of carbonyl (C=O) groups excluding carboxylic acids is 1. The molecule has 1 amide bonds. The van der Waals surface area contributed by atoms with Crippen molar-refractivity contribution in [1.82, 2.24) is 0 Å². The van der Waals surface area contributed by atoms with Crippen molar-refractivity contribution in [3.05, 3.63) is 58.5 Å². The number of hydrogen-bond acceptors (Lipinski definition) is 5. The molecule has 26 heavy (non-hydrogen) atoms. The number of rotatable bonds is 5. The van der Waals surface area contributed by atoms with Gasteiger partial charge in [0.25, 0.3) is 5.91 Å². The maximum absolute atomic E-state index is 12.9. The topological polar surface area (TPSA) is 38.8 Å². The van der Waals surface area contributed by atoms with Gasteiger partial charge in [-0.1, -0.05) is 43.0 Å². The minimum Gasteiger partial charge on any atom is -0.497 e. The number of amides is 1. The second-order valence-corrected chi connectivity index (χ2v) is 7.32. The van der Waals surface area contributed by atoms with Gasteiger partial charge in [0.1, 0.15) is 11.5 Å². The molecule has 1 aliphatic rings. The minimum atomic E-state index is -0.123. The van der Waals surface area contributed by atoms with E-state index in [2.05, 4.69) is 6.92 Å². The molecular formula is C20H19NO3S2. The Morgan fingerprint density at radius 2 is 1.85 bits per heavy atom. The molecule has 2 aromatic rings. The lowest BCUT2D eigenvalue weighted by atomic mass is 10.1. The van der Waals surface area contributed by atoms with Crippen LogP contribution in [0.3, 0.4) is 0 Å². The molecule has 2 aromatic carbocycles. The summed E-state index contributed by atoms with van der Waals surface area (Å²) >= 11 is 6.72. The number of carbonyl (C=O) groups is 1. The van der Waals surface area contributed by atoms with E-state index >= 15 is 0 Å². The number of methoxy groups -OCH3 is 2. The predicted octanol–water partition coefficient (Wildman–Crippen LogP) is 4.67. The van der Waals surface area contributed by atoms with Crippen LogP contribution in [-0.4, -0.2) is 24.4 Å². The summed E-state index contributed by atoms with van der Waals surface area (Å²) in [6, 6.07) is 13.4.